The number of aliphatic hydroxyl groups is 2. The first-order chi connectivity index (χ1) is 39.6. The summed E-state index contributed by atoms with van der Waals surface area (Å²) in [4.78, 5) is 148. The zero-order valence-electron chi connectivity index (χ0n) is 43.2. The maximum atomic E-state index is 15.2. The summed E-state index contributed by atoms with van der Waals surface area (Å²) >= 11 is 5.87. The number of nitrogens with one attached hydrogen (secondary N) is 6. The highest BCUT2D eigenvalue weighted by Gasteiger charge is 2.32. The number of esters is 1. The number of halogens is 1. The third kappa shape index (κ3) is 13.1. The van der Waals surface area contributed by atoms with Crippen LogP contribution in [0.5, 0.6) is 0 Å². The normalized spacial score (nSPS) is 17.7. The molecule has 32 heteroatoms. The molecule has 0 fully saturated rings. The predicted octanol–water partition coefficient (Wildman–Crippen LogP) is 4.47. The van der Waals surface area contributed by atoms with Gasteiger partial charge in [-0.1, -0.05) is 24.4 Å². The number of nitrogens with two attached hydrogens (primary N) is 2. The molecule has 0 aliphatic carbocycles. The molecule has 4 atom stereocenters. The Morgan fingerprint density at radius 2 is 1.53 bits per heavy atom. The number of H-pyrrole nitrogens is 2. The number of hydrogen-bond acceptors (Lipinski definition) is 23. The highest BCUT2D eigenvalue weighted by atomic mass is 32.2. The van der Waals surface area contributed by atoms with Crippen molar-refractivity contribution >= 4 is 132 Å². The van der Waals surface area contributed by atoms with Crippen molar-refractivity contribution in [3.8, 4) is 32.7 Å². The number of aryl methyl sites for hydroxylation is 2. The van der Waals surface area contributed by atoms with E-state index in [1.54, 1.807) is 19.2 Å². The zero-order chi connectivity index (χ0) is 59.6. The largest absolute Gasteiger partial charge is 0.459 e. The lowest BCUT2D eigenvalue weighted by atomic mass is 10.1. The van der Waals surface area contributed by atoms with Gasteiger partial charge in [-0.15, -0.1) is 56.7 Å². The fourth-order valence-corrected chi connectivity index (χ4v) is 13.3. The first-order valence-electron chi connectivity index (χ1n) is 24.3. The number of carbonyl (C=O) groups excluding carboxylic acids is 8. The van der Waals surface area contributed by atoms with Crippen LogP contribution in [0.1, 0.15) is 105 Å². The molecule has 7 aromatic heterocycles. The summed E-state index contributed by atoms with van der Waals surface area (Å²) in [7, 11) is 0. The average molecular weight is 1240 g/mol. The van der Waals surface area contributed by atoms with Crippen LogP contribution in [0.25, 0.3) is 49.3 Å². The maximum absolute atomic E-state index is 15.2. The monoisotopic (exact) mass is 1240 g/mol. The second kappa shape index (κ2) is 24.9. The fraction of sp³-hybridized carbons (Fsp3) is 0.216. The van der Waals surface area contributed by atoms with Crippen molar-refractivity contribution in [3.63, 3.8) is 0 Å². The molecule has 0 saturated carbocycles. The van der Waals surface area contributed by atoms with Crippen LogP contribution in [-0.2, 0) is 32.1 Å². The van der Waals surface area contributed by atoms with E-state index in [-0.39, 0.29) is 106 Å². The van der Waals surface area contributed by atoms with Crippen LogP contribution in [0.15, 0.2) is 68.2 Å². The molecule has 0 spiro atoms. The molecule has 0 unspecified atom stereocenters. The van der Waals surface area contributed by atoms with E-state index >= 15 is 4.39 Å². The number of aliphatic hydroxyl groups excluding tert-OH is 2. The van der Waals surface area contributed by atoms with E-state index in [4.69, 9.17) is 21.2 Å². The number of amides is 6. The number of fused-ring (bicyclic) bond motifs is 10. The smallest absolute Gasteiger partial charge is 0.335 e. The minimum Gasteiger partial charge on any atom is -0.459 e. The van der Waals surface area contributed by atoms with Gasteiger partial charge in [-0.25, -0.2) is 34.1 Å². The lowest BCUT2D eigenvalue weighted by Gasteiger charge is -2.21. The van der Waals surface area contributed by atoms with Crippen LogP contribution in [0.4, 0.5) is 4.39 Å². The van der Waals surface area contributed by atoms with Crippen molar-refractivity contribution in [2.45, 2.75) is 64.5 Å². The zero-order valence-corrected chi connectivity index (χ0v) is 48.1. The number of thiazole rings is 5. The number of carbonyl (C=O) groups is 8. The van der Waals surface area contributed by atoms with E-state index < -0.39 is 95.1 Å². The summed E-state index contributed by atoms with van der Waals surface area (Å²) in [5.74, 6) is -7.00. The van der Waals surface area contributed by atoms with E-state index in [0.29, 0.717) is 16.0 Å². The minimum atomic E-state index is -1.93. The summed E-state index contributed by atoms with van der Waals surface area (Å²) in [6, 6.07) is 0.651. The molecule has 0 radical (unpaired) electrons. The fourth-order valence-electron chi connectivity index (χ4n) is 8.22. The summed E-state index contributed by atoms with van der Waals surface area (Å²) in [6.45, 7) is 7.32. The average Bonchev–Trinajstić information content (AvgIpc) is 3.60. The number of rotatable bonds is 7. The third-order valence-corrected chi connectivity index (χ3v) is 17.7. The third-order valence-electron chi connectivity index (χ3n) is 12.3. The molecule has 83 heavy (non-hydrogen) atoms. The number of pyridine rings is 1. The molecule has 6 amide bonds. The van der Waals surface area contributed by atoms with E-state index in [1.807, 2.05) is 0 Å². The highest BCUT2D eigenvalue weighted by Crippen LogP contribution is 2.35. The van der Waals surface area contributed by atoms with Gasteiger partial charge in [0.05, 0.1) is 56.9 Å². The summed E-state index contributed by atoms with van der Waals surface area (Å²) in [5.41, 5.74) is 10.5. The molecule has 8 bridgehead atoms. The molecular weight excluding hydrogens is 1200 g/mol. The van der Waals surface area contributed by atoms with Crippen molar-refractivity contribution in [1.29, 1.82) is 0 Å². The van der Waals surface area contributed by atoms with Crippen LogP contribution < -0.4 is 38.2 Å². The van der Waals surface area contributed by atoms with Crippen molar-refractivity contribution in [3.05, 3.63) is 134 Å². The second-order valence-electron chi connectivity index (χ2n) is 18.0. The van der Waals surface area contributed by atoms with Gasteiger partial charge in [-0.05, 0) is 38.5 Å². The Labute approximate surface area is 491 Å². The van der Waals surface area contributed by atoms with Crippen LogP contribution in [0.2, 0.25) is 0 Å². The topological polar surface area (TPSA) is 400 Å². The van der Waals surface area contributed by atoms with Gasteiger partial charge in [0.15, 0.2) is 11.5 Å². The lowest BCUT2D eigenvalue weighted by molar-refractivity contribution is -0.155. The van der Waals surface area contributed by atoms with Crippen molar-refractivity contribution in [1.82, 2.24) is 56.2 Å². The SMILES string of the molecule is C=C(NC(=O)c1csc(-c2cc(=O)c3c([nH]2)-c2csc(n2)CCSC(=O)c2[nH]c4cc(F)cc(c4c2C)COC(=O)[C@@H](O)C[C@@H](c2nc(C(N)=O)cs2)NC(=O)c2csc(n2)/C(=C/C)NC(=O)[C@H]([C@@H](C)O)NC(=O)c2csc-3n2)n1)C(N)=O. The number of nitrogens with zero attached hydrogens (tertiary/aromatic N) is 5. The van der Waals surface area contributed by atoms with Gasteiger partial charge in [0.1, 0.15) is 61.3 Å². The number of hydrogen-bond donors (Lipinski definition) is 10. The molecule has 8 aromatic rings. The number of primary amides is 2. The number of aromatic amines is 2. The summed E-state index contributed by atoms with van der Waals surface area (Å²) in [5, 5.41) is 40.0. The number of aromatic nitrogens is 7. The molecule has 9 rings (SSSR count). The predicted molar refractivity (Wildman–Crippen MR) is 308 cm³/mol. The molecular formula is C51H44FN13O12S6. The number of ether oxygens (including phenoxy) is 1. The van der Waals surface area contributed by atoms with Crippen LogP contribution >= 0.6 is 68.4 Å². The quantitative estimate of drug-likeness (QED) is 0.0777. The van der Waals surface area contributed by atoms with Gasteiger partial charge in [0.25, 0.3) is 29.5 Å². The number of thioether (sulfide) groups is 1. The Bertz CT molecular complexity index is 4060. The molecule has 12 N–H and O–H groups in total. The van der Waals surface area contributed by atoms with Crippen LogP contribution in [0.3, 0.4) is 0 Å². The summed E-state index contributed by atoms with van der Waals surface area (Å²) in [6.07, 6.45) is -2.28. The molecule has 428 valence electrons. The van der Waals surface area contributed by atoms with E-state index in [0.717, 1.165) is 63.2 Å². The van der Waals surface area contributed by atoms with Crippen molar-refractivity contribution < 1.29 is 57.7 Å². The first kappa shape index (κ1) is 59.1. The van der Waals surface area contributed by atoms with Crippen LogP contribution in [0, 0.1) is 12.7 Å². The Balaban J connectivity index is 1.06. The van der Waals surface area contributed by atoms with Gasteiger partial charge in [0, 0.05) is 68.0 Å². The number of cyclic esters (lactones) is 1. The highest BCUT2D eigenvalue weighted by molar-refractivity contribution is 8.14. The molecule has 25 nitrogen and oxygen atoms in total. The van der Waals surface area contributed by atoms with Gasteiger partial charge in [-0.2, -0.15) is 0 Å². The van der Waals surface area contributed by atoms with Crippen molar-refractivity contribution in [2.75, 3.05) is 5.75 Å². The number of benzene rings is 1. The Morgan fingerprint density at radius 3 is 2.23 bits per heavy atom. The van der Waals surface area contributed by atoms with Gasteiger partial charge in [-0.3, -0.25) is 38.4 Å². The van der Waals surface area contributed by atoms with Gasteiger partial charge in [0.2, 0.25) is 11.0 Å². The van der Waals surface area contributed by atoms with Crippen molar-refractivity contribution in [2.24, 2.45) is 11.5 Å². The maximum Gasteiger partial charge on any atom is 0.335 e. The lowest BCUT2D eigenvalue weighted by Crippen LogP contribution is -2.52. The molecule has 1 aliphatic heterocycles. The standard InChI is InChI=1S/C51H44FN13O12S6/c1-5-23-46-62-30(16-81-46)43(72)60-26(48-61-28(14-80-48)41(54)70)11-33(68)50(75)77-12-21-8-22(52)9-24-35(21)18(2)37(57-24)51(76)78-7-6-34-56-27(13-79-34)39-36(49-64-31(17-83-49)44(73)65-38(20(4)66)45(74)59-23)32(67)10-25(58-39)47-63-29(15-82-47)42(71)55-19(3)40(53)69/h5,8-10,13-17,20,26,33,38,57,66,68H,3,6-7,11-12H2,1-2,4H3,(H2,53,69)(H2,54,70)(H,55,71)(H,58,67)(H,59,74)(H,60,72)(H,65,73)/b23-5-/t20-,26+,33+,38+/m1/s1. The minimum absolute atomic E-state index is 0.0286. The molecule has 1 aliphatic rings. The molecule has 8 heterocycles. The summed E-state index contributed by atoms with van der Waals surface area (Å²) < 4.78 is 20.7. The Morgan fingerprint density at radius 1 is 0.843 bits per heavy atom. The first-order valence-corrected chi connectivity index (χ1v) is 29.7. The molecule has 0 saturated heterocycles. The van der Waals surface area contributed by atoms with E-state index in [1.165, 1.54) is 58.0 Å². The molecule has 1 aromatic carbocycles. The number of allylic oxidation sites excluding steroid dienone is 1. The van der Waals surface area contributed by atoms with E-state index in [2.05, 4.69) is 57.7 Å². The Hall–Kier alpha value is -8.50. The second-order valence-corrected chi connectivity index (χ2v) is 23.5. The van der Waals surface area contributed by atoms with Crippen LogP contribution in [-0.4, -0.2) is 116 Å². The Kier molecular flexibility index (Phi) is 17.8. The van der Waals surface area contributed by atoms with Gasteiger partial charge >= 0.3 is 5.97 Å². The van der Waals surface area contributed by atoms with E-state index in [9.17, 15) is 53.4 Å². The van der Waals surface area contributed by atoms with Gasteiger partial charge < -0.3 is 57.7 Å².